The Hall–Kier alpha value is -2.32. The van der Waals surface area contributed by atoms with E-state index < -0.39 is 0 Å². The Kier molecular flexibility index (Phi) is 4.17. The first-order valence-electron chi connectivity index (χ1n) is 7.15. The van der Waals surface area contributed by atoms with E-state index in [0.29, 0.717) is 6.61 Å². The van der Waals surface area contributed by atoms with Crippen LogP contribution in [0.3, 0.4) is 0 Å². The third kappa shape index (κ3) is 3.23. The Morgan fingerprint density at radius 1 is 0.857 bits per heavy atom. The number of hydrogen-bond acceptors (Lipinski definition) is 2. The average Bonchev–Trinajstić information content (AvgIpc) is 2.54. The first-order valence-corrected chi connectivity index (χ1v) is 7.15. The van der Waals surface area contributed by atoms with E-state index in [4.69, 9.17) is 4.74 Å². The van der Waals surface area contributed by atoms with Gasteiger partial charge in [-0.3, -0.25) is 0 Å². The Morgan fingerprint density at radius 2 is 1.62 bits per heavy atom. The maximum absolute atomic E-state index is 5.24. The van der Waals surface area contributed by atoms with Crippen LogP contribution in [-0.4, -0.2) is 7.11 Å². The number of benzene rings is 3. The fourth-order valence-electron chi connectivity index (χ4n) is 2.52. The van der Waals surface area contributed by atoms with E-state index in [1.54, 1.807) is 7.11 Å². The second-order valence-corrected chi connectivity index (χ2v) is 5.13. The molecule has 3 rings (SSSR count). The zero-order chi connectivity index (χ0) is 14.5. The van der Waals surface area contributed by atoms with Crippen LogP contribution in [0.25, 0.3) is 10.8 Å². The molecule has 0 spiro atoms. The lowest BCUT2D eigenvalue weighted by Gasteiger charge is -2.12. The van der Waals surface area contributed by atoms with Crippen molar-refractivity contribution in [2.24, 2.45) is 0 Å². The Labute approximate surface area is 125 Å². The van der Waals surface area contributed by atoms with Gasteiger partial charge in [-0.25, -0.2) is 0 Å². The van der Waals surface area contributed by atoms with Crippen LogP contribution in [0.1, 0.15) is 11.1 Å². The van der Waals surface area contributed by atoms with Gasteiger partial charge >= 0.3 is 0 Å². The molecule has 0 aliphatic heterocycles. The molecule has 0 radical (unpaired) electrons. The van der Waals surface area contributed by atoms with Gasteiger partial charge in [0.25, 0.3) is 0 Å². The molecular weight excluding hydrogens is 258 g/mol. The number of nitrogens with one attached hydrogen (secondary N) is 1. The summed E-state index contributed by atoms with van der Waals surface area (Å²) in [6.45, 7) is 1.44. The maximum atomic E-state index is 5.24. The molecule has 1 N–H and O–H groups in total. The number of ether oxygens (including phenoxy) is 1. The van der Waals surface area contributed by atoms with Crippen LogP contribution in [0, 0.1) is 0 Å². The lowest BCUT2D eigenvalue weighted by Crippen LogP contribution is -2.03. The van der Waals surface area contributed by atoms with Crippen LogP contribution >= 0.6 is 0 Å². The van der Waals surface area contributed by atoms with E-state index in [-0.39, 0.29) is 0 Å². The van der Waals surface area contributed by atoms with Gasteiger partial charge in [0.1, 0.15) is 0 Å². The lowest BCUT2D eigenvalue weighted by atomic mass is 10.1. The highest BCUT2D eigenvalue weighted by Crippen LogP contribution is 2.19. The number of hydrogen-bond donors (Lipinski definition) is 1. The Morgan fingerprint density at radius 3 is 2.48 bits per heavy atom. The molecule has 3 aromatic carbocycles. The second kappa shape index (κ2) is 6.42. The molecule has 0 unspecified atom stereocenters. The molecule has 0 aromatic heterocycles. The third-order valence-electron chi connectivity index (χ3n) is 3.61. The summed E-state index contributed by atoms with van der Waals surface area (Å²) >= 11 is 0. The summed E-state index contributed by atoms with van der Waals surface area (Å²) in [4.78, 5) is 0. The number of para-hydroxylation sites is 1. The molecule has 0 saturated carbocycles. The molecular formula is C19H19NO. The lowest BCUT2D eigenvalue weighted by molar-refractivity contribution is 0.185. The quantitative estimate of drug-likeness (QED) is 0.736. The second-order valence-electron chi connectivity index (χ2n) is 5.13. The standard InChI is InChI=1S/C19H19NO/c1-21-14-18-8-4-5-9-19(18)20-13-15-10-11-16-6-2-3-7-17(16)12-15/h2-12,20H,13-14H2,1H3. The van der Waals surface area contributed by atoms with E-state index in [9.17, 15) is 0 Å². The van der Waals surface area contributed by atoms with Crippen molar-refractivity contribution in [2.45, 2.75) is 13.2 Å². The molecule has 0 bridgehead atoms. The molecule has 2 heteroatoms. The van der Waals surface area contributed by atoms with Crippen LogP contribution < -0.4 is 5.32 Å². The van der Waals surface area contributed by atoms with Crippen LogP contribution in [0.4, 0.5) is 5.69 Å². The van der Waals surface area contributed by atoms with Crippen molar-refractivity contribution in [3.8, 4) is 0 Å². The summed E-state index contributed by atoms with van der Waals surface area (Å²) in [5.74, 6) is 0. The van der Waals surface area contributed by atoms with Crippen molar-refractivity contribution in [1.29, 1.82) is 0 Å². The molecule has 0 heterocycles. The van der Waals surface area contributed by atoms with Crippen molar-refractivity contribution in [1.82, 2.24) is 0 Å². The molecule has 0 fully saturated rings. The topological polar surface area (TPSA) is 21.3 Å². The Balaban J connectivity index is 1.77. The number of methoxy groups -OCH3 is 1. The van der Waals surface area contributed by atoms with Crippen LogP contribution in [-0.2, 0) is 17.9 Å². The zero-order valence-corrected chi connectivity index (χ0v) is 12.2. The molecule has 2 nitrogen and oxygen atoms in total. The summed E-state index contributed by atoms with van der Waals surface area (Å²) in [5.41, 5.74) is 3.59. The smallest absolute Gasteiger partial charge is 0.0733 e. The van der Waals surface area contributed by atoms with Gasteiger partial charge in [0, 0.05) is 24.9 Å². The Bertz CT molecular complexity index is 736. The van der Waals surface area contributed by atoms with Gasteiger partial charge in [-0.2, -0.15) is 0 Å². The molecule has 21 heavy (non-hydrogen) atoms. The molecule has 0 aliphatic carbocycles. The summed E-state index contributed by atoms with van der Waals surface area (Å²) in [6.07, 6.45) is 0. The van der Waals surface area contributed by atoms with E-state index >= 15 is 0 Å². The SMILES string of the molecule is COCc1ccccc1NCc1ccc2ccccc2c1. The molecule has 0 aliphatic rings. The predicted octanol–water partition coefficient (Wildman–Crippen LogP) is 4.60. The minimum Gasteiger partial charge on any atom is -0.381 e. The maximum Gasteiger partial charge on any atom is 0.0733 e. The normalized spacial score (nSPS) is 10.7. The van der Waals surface area contributed by atoms with Gasteiger partial charge in [-0.1, -0.05) is 54.6 Å². The molecule has 106 valence electrons. The molecule has 0 atom stereocenters. The first-order chi connectivity index (χ1) is 10.4. The van der Waals surface area contributed by atoms with Crippen LogP contribution in [0.15, 0.2) is 66.7 Å². The van der Waals surface area contributed by atoms with Crippen molar-refractivity contribution in [3.63, 3.8) is 0 Å². The highest BCUT2D eigenvalue weighted by atomic mass is 16.5. The highest BCUT2D eigenvalue weighted by molar-refractivity contribution is 5.83. The molecule has 3 aromatic rings. The molecule has 0 amide bonds. The monoisotopic (exact) mass is 277 g/mol. The van der Waals surface area contributed by atoms with E-state index in [0.717, 1.165) is 12.2 Å². The van der Waals surface area contributed by atoms with Crippen LogP contribution in [0.2, 0.25) is 0 Å². The highest BCUT2D eigenvalue weighted by Gasteiger charge is 2.01. The number of anilines is 1. The summed E-state index contributed by atoms with van der Waals surface area (Å²) in [6, 6.07) is 23.3. The fraction of sp³-hybridized carbons (Fsp3) is 0.158. The minimum atomic E-state index is 0.626. The molecule has 0 saturated heterocycles. The first kappa shape index (κ1) is 13.7. The number of rotatable bonds is 5. The third-order valence-corrected chi connectivity index (χ3v) is 3.61. The van der Waals surface area contributed by atoms with Crippen molar-refractivity contribution in [3.05, 3.63) is 77.9 Å². The van der Waals surface area contributed by atoms with Gasteiger partial charge in [-0.05, 0) is 28.5 Å². The minimum absolute atomic E-state index is 0.626. The van der Waals surface area contributed by atoms with Gasteiger partial charge in [0.2, 0.25) is 0 Å². The largest absolute Gasteiger partial charge is 0.381 e. The van der Waals surface area contributed by atoms with E-state index in [1.807, 2.05) is 12.1 Å². The van der Waals surface area contributed by atoms with Gasteiger partial charge in [0.15, 0.2) is 0 Å². The van der Waals surface area contributed by atoms with E-state index in [1.165, 1.54) is 21.9 Å². The summed E-state index contributed by atoms with van der Waals surface area (Å²) in [5, 5.41) is 6.06. The van der Waals surface area contributed by atoms with Crippen LogP contribution in [0.5, 0.6) is 0 Å². The van der Waals surface area contributed by atoms with E-state index in [2.05, 4.69) is 59.9 Å². The van der Waals surface area contributed by atoms with Gasteiger partial charge < -0.3 is 10.1 Å². The summed E-state index contributed by atoms with van der Waals surface area (Å²) in [7, 11) is 1.72. The number of fused-ring (bicyclic) bond motifs is 1. The van der Waals surface area contributed by atoms with Crippen molar-refractivity contribution in [2.75, 3.05) is 12.4 Å². The zero-order valence-electron chi connectivity index (χ0n) is 12.2. The van der Waals surface area contributed by atoms with Gasteiger partial charge in [0.05, 0.1) is 6.61 Å². The fourth-order valence-corrected chi connectivity index (χ4v) is 2.52. The average molecular weight is 277 g/mol. The predicted molar refractivity (Wildman–Crippen MR) is 88.4 cm³/mol. The van der Waals surface area contributed by atoms with Crippen molar-refractivity contribution < 1.29 is 4.74 Å². The summed E-state index contributed by atoms with van der Waals surface area (Å²) < 4.78 is 5.24. The van der Waals surface area contributed by atoms with Crippen molar-refractivity contribution >= 4 is 16.5 Å². The van der Waals surface area contributed by atoms with Gasteiger partial charge in [-0.15, -0.1) is 0 Å².